The zero-order valence-corrected chi connectivity index (χ0v) is 19.0. The summed E-state index contributed by atoms with van der Waals surface area (Å²) < 4.78 is 78.8. The Morgan fingerprint density at radius 2 is 1.79 bits per heavy atom. The smallest absolute Gasteiger partial charge is 0.362 e. The summed E-state index contributed by atoms with van der Waals surface area (Å²) >= 11 is 7.69. The van der Waals surface area contributed by atoms with Gasteiger partial charge in [-0.05, 0) is 40.8 Å². The van der Waals surface area contributed by atoms with Crippen LogP contribution < -0.4 is 4.31 Å². The van der Waals surface area contributed by atoms with E-state index in [1.807, 2.05) is 0 Å². The average molecular weight is 585 g/mol. The number of benzene rings is 1. The second kappa shape index (κ2) is 8.93. The minimum absolute atomic E-state index is 0.101. The highest BCUT2D eigenvalue weighted by atomic mass is 127. The van der Waals surface area contributed by atoms with Crippen molar-refractivity contribution in [3.8, 4) is 0 Å². The van der Waals surface area contributed by atoms with Gasteiger partial charge in [-0.1, -0.05) is 29.6 Å². The number of amides is 1. The largest absolute Gasteiger partial charge is 0.435 e. The molecule has 1 amide bonds. The molecule has 0 fully saturated rings. The van der Waals surface area contributed by atoms with Gasteiger partial charge >= 0.3 is 12.4 Å². The summed E-state index contributed by atoms with van der Waals surface area (Å²) in [6.07, 6.45) is -9.43. The molecule has 0 aliphatic rings. The van der Waals surface area contributed by atoms with Crippen molar-refractivity contribution >= 4 is 73.5 Å². The highest BCUT2D eigenvalue weighted by Gasteiger charge is 2.39. The maximum Gasteiger partial charge on any atom is 0.435 e. The van der Waals surface area contributed by atoms with Crippen molar-refractivity contribution in [3.05, 3.63) is 44.0 Å². The average Bonchev–Trinajstić information content (AvgIpc) is 3.00. The predicted octanol–water partition coefficient (Wildman–Crippen LogP) is 5.93. The molecule has 1 heterocycles. The van der Waals surface area contributed by atoms with Crippen molar-refractivity contribution in [1.82, 2.24) is 9.88 Å². The number of rotatable bonds is 2. The van der Waals surface area contributed by atoms with E-state index < -0.39 is 29.5 Å². The first-order chi connectivity index (χ1) is 13.2. The van der Waals surface area contributed by atoms with Gasteiger partial charge in [0.2, 0.25) is 5.13 Å². The molecule has 158 valence electrons. The van der Waals surface area contributed by atoms with E-state index in [0.717, 1.165) is 22.5 Å². The van der Waals surface area contributed by atoms with E-state index in [1.165, 1.54) is 27.5 Å². The van der Waals surface area contributed by atoms with E-state index in [1.54, 1.807) is 14.1 Å². The number of alkyl halides is 6. The van der Waals surface area contributed by atoms with Crippen LogP contribution >= 0.6 is 58.1 Å². The van der Waals surface area contributed by atoms with Gasteiger partial charge < -0.3 is 4.90 Å². The molecule has 0 saturated heterocycles. The van der Waals surface area contributed by atoms with Crippen LogP contribution in [0.1, 0.15) is 21.6 Å². The third kappa shape index (κ3) is 5.95. The number of hydrogen-bond donors (Lipinski definition) is 0. The zero-order valence-electron chi connectivity index (χ0n) is 14.4. The van der Waals surface area contributed by atoms with Crippen LogP contribution in [0.15, 0.2) is 24.3 Å². The second-order valence-electron chi connectivity index (χ2n) is 5.55. The Balaban J connectivity index is 2.52. The summed E-state index contributed by atoms with van der Waals surface area (Å²) in [5.41, 5.74) is -2.61. The molecule has 1 aromatic heterocycles. The molecule has 2 aromatic rings. The molecule has 2 rings (SSSR count). The lowest BCUT2D eigenvalue weighted by Gasteiger charge is -2.22. The highest BCUT2D eigenvalue weighted by Crippen LogP contribution is 2.40. The molecule has 0 radical (unpaired) electrons. The highest BCUT2D eigenvalue weighted by molar-refractivity contribution is 14.1. The number of anilines is 1. The van der Waals surface area contributed by atoms with Gasteiger partial charge in [0.05, 0.1) is 8.45 Å². The van der Waals surface area contributed by atoms with Crippen molar-refractivity contribution < 1.29 is 31.1 Å². The molecule has 0 spiro atoms. The lowest BCUT2D eigenvalue weighted by molar-refractivity contribution is -0.141. The first-order valence-electron chi connectivity index (χ1n) is 7.36. The lowest BCUT2D eigenvalue weighted by Crippen LogP contribution is -2.29. The van der Waals surface area contributed by atoms with E-state index in [-0.39, 0.29) is 17.9 Å². The van der Waals surface area contributed by atoms with Crippen molar-refractivity contribution in [2.24, 2.45) is 0 Å². The molecule has 0 saturated carbocycles. The molecular weight excluding hydrogens is 575 g/mol. The predicted molar refractivity (Wildman–Crippen MR) is 112 cm³/mol. The van der Waals surface area contributed by atoms with Crippen LogP contribution in [0.25, 0.3) is 0 Å². The molecule has 0 atom stereocenters. The van der Waals surface area contributed by atoms with Gasteiger partial charge in [-0.15, -0.1) is 0 Å². The normalized spacial score (nSPS) is 12.0. The number of nitrogens with zero attached hydrogens (tertiary/aromatic N) is 3. The van der Waals surface area contributed by atoms with Crippen LogP contribution in [0.4, 0.5) is 31.5 Å². The molecule has 0 aliphatic heterocycles. The van der Waals surface area contributed by atoms with E-state index in [9.17, 15) is 31.1 Å². The van der Waals surface area contributed by atoms with Crippen LogP contribution in [-0.4, -0.2) is 34.2 Å². The number of carbonyl (C=O) groups is 1. The fourth-order valence-corrected chi connectivity index (χ4v) is 4.64. The second-order valence-corrected chi connectivity index (χ2v) is 9.91. The number of aromatic nitrogens is 1. The SMILES string of the molecule is CN(C)C(=S)SN(C(=O)c1cccc(C(F)(F)F)c1)c1nc(C(F)(F)F)c(I)s1. The molecule has 1 aromatic carbocycles. The third-order valence-electron chi connectivity index (χ3n) is 3.17. The van der Waals surface area contributed by atoms with Gasteiger partial charge in [0.15, 0.2) is 10.0 Å². The van der Waals surface area contributed by atoms with Crippen molar-refractivity contribution in [2.45, 2.75) is 12.4 Å². The maximum absolute atomic E-state index is 13.1. The zero-order chi connectivity index (χ0) is 22.1. The molecule has 0 bridgehead atoms. The van der Waals surface area contributed by atoms with Crippen molar-refractivity contribution in [2.75, 3.05) is 18.4 Å². The fraction of sp³-hybridized carbons (Fsp3) is 0.267. The van der Waals surface area contributed by atoms with E-state index >= 15 is 0 Å². The Morgan fingerprint density at radius 1 is 1.17 bits per heavy atom. The standard InChI is InChI=1S/C15H10F6IN3OS3/c1-24(2)13(27)29-25(12-23-9(10(22)28-12)15(19,20)21)11(26)7-4-3-5-8(6-7)14(16,17)18/h3-6H,1-2H3. The molecule has 4 nitrogen and oxygen atoms in total. The Hall–Kier alpha value is -1.13. The maximum atomic E-state index is 13.1. The van der Waals surface area contributed by atoms with Gasteiger partial charge in [0.1, 0.15) is 0 Å². The number of thiazole rings is 1. The van der Waals surface area contributed by atoms with Crippen LogP contribution in [0.2, 0.25) is 0 Å². The number of hydrogen-bond acceptors (Lipinski definition) is 5. The number of carbonyl (C=O) groups excluding carboxylic acids is 1. The number of thiocarbonyl (C=S) groups is 1. The van der Waals surface area contributed by atoms with Crippen molar-refractivity contribution in [3.63, 3.8) is 0 Å². The number of halogens is 7. The molecule has 0 unspecified atom stereocenters. The third-order valence-corrected chi connectivity index (χ3v) is 6.92. The minimum atomic E-state index is -4.75. The molecule has 0 aliphatic carbocycles. The summed E-state index contributed by atoms with van der Waals surface area (Å²) in [6, 6.07) is 3.58. The van der Waals surface area contributed by atoms with E-state index in [4.69, 9.17) is 12.2 Å². The first-order valence-corrected chi connectivity index (χ1v) is 10.4. The quantitative estimate of drug-likeness (QED) is 0.189. The van der Waals surface area contributed by atoms with E-state index in [0.29, 0.717) is 29.4 Å². The van der Waals surface area contributed by atoms with Crippen LogP contribution in [-0.2, 0) is 12.4 Å². The van der Waals surface area contributed by atoms with Crippen LogP contribution in [0.5, 0.6) is 0 Å². The lowest BCUT2D eigenvalue weighted by atomic mass is 10.1. The summed E-state index contributed by atoms with van der Waals surface area (Å²) in [7, 11) is 3.10. The van der Waals surface area contributed by atoms with Gasteiger partial charge in [0, 0.05) is 31.6 Å². The molecule has 14 heteroatoms. The summed E-state index contributed by atoms with van der Waals surface area (Å²) in [4.78, 5) is 17.8. The fourth-order valence-electron chi connectivity index (χ4n) is 1.83. The summed E-state index contributed by atoms with van der Waals surface area (Å²) in [6.45, 7) is 0. The summed E-state index contributed by atoms with van der Waals surface area (Å²) in [5.74, 6) is -0.982. The Bertz CT molecular complexity index is 929. The van der Waals surface area contributed by atoms with Crippen molar-refractivity contribution in [1.29, 1.82) is 0 Å². The van der Waals surface area contributed by atoms with Gasteiger partial charge in [-0.3, -0.25) is 4.79 Å². The summed E-state index contributed by atoms with van der Waals surface area (Å²) in [5, 5.41) is -0.349. The van der Waals surface area contributed by atoms with Crippen LogP contribution in [0, 0.1) is 2.88 Å². The first kappa shape index (κ1) is 24.1. The van der Waals surface area contributed by atoms with Gasteiger partial charge in [0.25, 0.3) is 5.91 Å². The Kier molecular flexibility index (Phi) is 7.44. The van der Waals surface area contributed by atoms with Gasteiger partial charge in [-0.25, -0.2) is 9.29 Å². The van der Waals surface area contributed by atoms with E-state index in [2.05, 4.69) is 4.98 Å². The minimum Gasteiger partial charge on any atom is -0.362 e. The Labute approximate surface area is 188 Å². The monoisotopic (exact) mass is 585 g/mol. The molecule has 0 N–H and O–H groups in total. The molecular formula is C15H10F6IN3OS3. The van der Waals surface area contributed by atoms with Gasteiger partial charge in [-0.2, -0.15) is 26.3 Å². The molecule has 29 heavy (non-hydrogen) atoms. The van der Waals surface area contributed by atoms with Crippen LogP contribution in [0.3, 0.4) is 0 Å². The Morgan fingerprint density at radius 3 is 2.28 bits per heavy atom. The topological polar surface area (TPSA) is 36.4 Å².